The van der Waals surface area contributed by atoms with Crippen LogP contribution in [0.3, 0.4) is 0 Å². The van der Waals surface area contributed by atoms with Crippen LogP contribution in [0.15, 0.2) is 36.4 Å². The zero-order valence-electron chi connectivity index (χ0n) is 15.3. The van der Waals surface area contributed by atoms with Crippen LogP contribution in [0.4, 0.5) is 5.69 Å². The highest BCUT2D eigenvalue weighted by atomic mass is 35.5. The molecule has 0 aliphatic carbocycles. The van der Waals surface area contributed by atoms with Crippen molar-refractivity contribution in [1.29, 1.82) is 0 Å². The van der Waals surface area contributed by atoms with Gasteiger partial charge in [0, 0.05) is 10.7 Å². The number of rotatable bonds is 6. The van der Waals surface area contributed by atoms with Crippen molar-refractivity contribution >= 4 is 29.2 Å². The van der Waals surface area contributed by atoms with Crippen LogP contribution in [0.2, 0.25) is 5.02 Å². The SMILES string of the molecule is CCOC(=O)c1cccc(NC(=O)C(C)Oc2ccc(Cl)c(C)c2)c1C. The highest BCUT2D eigenvalue weighted by molar-refractivity contribution is 6.31. The van der Waals surface area contributed by atoms with Crippen molar-refractivity contribution < 1.29 is 19.1 Å². The first-order valence-corrected chi connectivity index (χ1v) is 8.71. The van der Waals surface area contributed by atoms with Gasteiger partial charge in [0.1, 0.15) is 5.75 Å². The molecule has 0 heterocycles. The molecule has 1 N–H and O–H groups in total. The van der Waals surface area contributed by atoms with Gasteiger partial charge < -0.3 is 14.8 Å². The lowest BCUT2D eigenvalue weighted by molar-refractivity contribution is -0.122. The summed E-state index contributed by atoms with van der Waals surface area (Å²) in [6.07, 6.45) is -0.721. The predicted octanol–water partition coefficient (Wildman–Crippen LogP) is 4.54. The van der Waals surface area contributed by atoms with E-state index in [0.29, 0.717) is 34.2 Å². The van der Waals surface area contributed by atoms with Gasteiger partial charge in [0.2, 0.25) is 0 Å². The Morgan fingerprint density at radius 2 is 1.92 bits per heavy atom. The Balaban J connectivity index is 2.10. The molecule has 0 fully saturated rings. The molecule has 0 saturated heterocycles. The van der Waals surface area contributed by atoms with Gasteiger partial charge in [-0.3, -0.25) is 4.79 Å². The van der Waals surface area contributed by atoms with Crippen LogP contribution in [0.25, 0.3) is 0 Å². The standard InChI is InChI=1S/C20H22ClNO4/c1-5-25-20(24)16-7-6-8-18(13(16)3)22-19(23)14(4)26-15-9-10-17(21)12(2)11-15/h6-11,14H,5H2,1-4H3,(H,22,23). The largest absolute Gasteiger partial charge is 0.481 e. The second-order valence-electron chi connectivity index (χ2n) is 5.86. The van der Waals surface area contributed by atoms with Crippen LogP contribution in [0.5, 0.6) is 5.75 Å². The fourth-order valence-corrected chi connectivity index (χ4v) is 2.50. The zero-order valence-corrected chi connectivity index (χ0v) is 16.0. The van der Waals surface area contributed by atoms with E-state index in [4.69, 9.17) is 21.1 Å². The maximum atomic E-state index is 12.4. The third-order valence-corrected chi connectivity index (χ3v) is 4.32. The molecule has 1 amide bonds. The van der Waals surface area contributed by atoms with E-state index in [1.54, 1.807) is 57.2 Å². The van der Waals surface area contributed by atoms with Crippen molar-refractivity contribution in [2.75, 3.05) is 11.9 Å². The van der Waals surface area contributed by atoms with E-state index in [0.717, 1.165) is 5.56 Å². The summed E-state index contributed by atoms with van der Waals surface area (Å²) in [7, 11) is 0. The van der Waals surface area contributed by atoms with Crippen LogP contribution in [0, 0.1) is 13.8 Å². The minimum Gasteiger partial charge on any atom is -0.481 e. The maximum absolute atomic E-state index is 12.4. The molecule has 0 saturated carbocycles. The molecule has 2 aromatic rings. The van der Waals surface area contributed by atoms with Crippen molar-refractivity contribution in [3.8, 4) is 5.75 Å². The molecule has 0 bridgehead atoms. The van der Waals surface area contributed by atoms with Crippen molar-refractivity contribution in [2.24, 2.45) is 0 Å². The Labute approximate surface area is 158 Å². The number of benzene rings is 2. The van der Waals surface area contributed by atoms with Crippen molar-refractivity contribution in [1.82, 2.24) is 0 Å². The molecule has 2 rings (SSSR count). The first-order valence-electron chi connectivity index (χ1n) is 8.34. The second-order valence-corrected chi connectivity index (χ2v) is 6.27. The Kier molecular flexibility index (Phi) is 6.64. The smallest absolute Gasteiger partial charge is 0.338 e. The normalized spacial score (nSPS) is 11.6. The number of aryl methyl sites for hydroxylation is 1. The molecule has 1 atom stereocenters. The lowest BCUT2D eigenvalue weighted by Crippen LogP contribution is -2.30. The summed E-state index contributed by atoms with van der Waals surface area (Å²) in [6.45, 7) is 7.32. The Morgan fingerprint density at radius 3 is 2.58 bits per heavy atom. The number of nitrogens with one attached hydrogen (secondary N) is 1. The molecule has 5 nitrogen and oxygen atoms in total. The molecule has 0 aliphatic heterocycles. The van der Waals surface area contributed by atoms with E-state index in [1.165, 1.54) is 0 Å². The van der Waals surface area contributed by atoms with Gasteiger partial charge in [-0.25, -0.2) is 4.79 Å². The van der Waals surface area contributed by atoms with Crippen LogP contribution >= 0.6 is 11.6 Å². The maximum Gasteiger partial charge on any atom is 0.338 e. The minimum absolute atomic E-state index is 0.292. The first-order chi connectivity index (χ1) is 12.3. The van der Waals surface area contributed by atoms with Crippen molar-refractivity contribution in [2.45, 2.75) is 33.8 Å². The zero-order chi connectivity index (χ0) is 19.3. The van der Waals surface area contributed by atoms with Crippen LogP contribution in [-0.4, -0.2) is 24.6 Å². The second kappa shape index (κ2) is 8.72. The van der Waals surface area contributed by atoms with Gasteiger partial charge >= 0.3 is 5.97 Å². The Bertz CT molecular complexity index is 819. The predicted molar refractivity (Wildman–Crippen MR) is 102 cm³/mol. The number of halogens is 1. The molecule has 0 spiro atoms. The lowest BCUT2D eigenvalue weighted by atomic mass is 10.1. The van der Waals surface area contributed by atoms with Gasteiger partial charge in [-0.15, -0.1) is 0 Å². The van der Waals surface area contributed by atoms with Crippen LogP contribution < -0.4 is 10.1 Å². The summed E-state index contributed by atoms with van der Waals surface area (Å²) in [6, 6.07) is 10.3. The highest BCUT2D eigenvalue weighted by Gasteiger charge is 2.18. The molecule has 138 valence electrons. The van der Waals surface area contributed by atoms with E-state index in [1.807, 2.05) is 6.92 Å². The molecule has 6 heteroatoms. The monoisotopic (exact) mass is 375 g/mol. The average molecular weight is 376 g/mol. The Hall–Kier alpha value is -2.53. The third-order valence-electron chi connectivity index (χ3n) is 3.90. The summed E-state index contributed by atoms with van der Waals surface area (Å²) in [4.78, 5) is 24.4. The van der Waals surface area contributed by atoms with Gasteiger partial charge in [-0.05, 0) is 69.2 Å². The third kappa shape index (κ3) is 4.76. The number of hydrogen-bond acceptors (Lipinski definition) is 4. The average Bonchev–Trinajstić information content (AvgIpc) is 2.60. The summed E-state index contributed by atoms with van der Waals surface area (Å²) >= 11 is 5.99. The van der Waals surface area contributed by atoms with Gasteiger partial charge in [0.05, 0.1) is 12.2 Å². The molecule has 0 radical (unpaired) electrons. The van der Waals surface area contributed by atoms with Crippen molar-refractivity contribution in [3.63, 3.8) is 0 Å². The molecular weight excluding hydrogens is 354 g/mol. The fourth-order valence-electron chi connectivity index (χ4n) is 2.38. The highest BCUT2D eigenvalue weighted by Crippen LogP contribution is 2.23. The molecular formula is C20H22ClNO4. The fraction of sp³-hybridized carbons (Fsp3) is 0.300. The lowest BCUT2D eigenvalue weighted by Gasteiger charge is -2.17. The number of ether oxygens (including phenoxy) is 2. The number of anilines is 1. The van der Waals surface area contributed by atoms with E-state index in [9.17, 15) is 9.59 Å². The summed E-state index contributed by atoms with van der Waals surface area (Å²) in [5.74, 6) is -0.171. The molecule has 0 aromatic heterocycles. The van der Waals surface area contributed by atoms with Gasteiger partial charge in [-0.2, -0.15) is 0 Å². The van der Waals surface area contributed by atoms with Gasteiger partial charge in [0.25, 0.3) is 5.91 Å². The van der Waals surface area contributed by atoms with E-state index in [2.05, 4.69) is 5.32 Å². The quantitative estimate of drug-likeness (QED) is 0.753. The van der Waals surface area contributed by atoms with Gasteiger partial charge in [-0.1, -0.05) is 17.7 Å². The Morgan fingerprint density at radius 1 is 1.19 bits per heavy atom. The van der Waals surface area contributed by atoms with E-state index in [-0.39, 0.29) is 5.91 Å². The van der Waals surface area contributed by atoms with Crippen molar-refractivity contribution in [3.05, 3.63) is 58.1 Å². The summed E-state index contributed by atoms with van der Waals surface area (Å²) in [5, 5.41) is 3.44. The number of esters is 1. The molecule has 0 aliphatic rings. The number of amides is 1. The number of carbonyl (C=O) groups excluding carboxylic acids is 2. The molecule has 1 unspecified atom stereocenters. The number of carbonyl (C=O) groups is 2. The minimum atomic E-state index is -0.721. The molecule has 2 aromatic carbocycles. The van der Waals surface area contributed by atoms with Crippen LogP contribution in [0.1, 0.15) is 35.3 Å². The van der Waals surface area contributed by atoms with E-state index >= 15 is 0 Å². The number of hydrogen-bond donors (Lipinski definition) is 1. The summed E-state index contributed by atoms with van der Waals surface area (Å²) < 4.78 is 10.7. The topological polar surface area (TPSA) is 64.6 Å². The van der Waals surface area contributed by atoms with Gasteiger partial charge in [0.15, 0.2) is 6.10 Å². The molecule has 26 heavy (non-hydrogen) atoms. The van der Waals surface area contributed by atoms with Crippen LogP contribution in [-0.2, 0) is 9.53 Å². The van der Waals surface area contributed by atoms with E-state index < -0.39 is 12.1 Å². The summed E-state index contributed by atoms with van der Waals surface area (Å²) in [5.41, 5.74) is 2.48. The first kappa shape index (κ1) is 19.8.